The van der Waals surface area contributed by atoms with Gasteiger partial charge in [0.1, 0.15) is 18.1 Å². The standard InChI is InChI=1S/C22H19FN4O/c1-13-9-15(3-5-18(13)23)21-17(11-20-22(25-21)28-8-7-27(20)2)14-4-6-19-16(10-14)12-24-26-19/h3-6,9-12H,7-8H2,1-2H3,(H,24,26). The first-order valence-electron chi connectivity index (χ1n) is 9.19. The first-order chi connectivity index (χ1) is 13.6. The number of anilines is 1. The van der Waals surface area contributed by atoms with Crippen molar-refractivity contribution in [2.45, 2.75) is 6.92 Å². The SMILES string of the molecule is Cc1cc(-c2nc3c(cc2-c2ccc4[nH]ncc4c2)N(C)CCO3)ccc1F. The molecule has 1 N–H and O–H groups in total. The van der Waals surface area contributed by atoms with Crippen LogP contribution < -0.4 is 9.64 Å². The normalized spacial score (nSPS) is 13.5. The molecule has 1 aliphatic rings. The first kappa shape index (κ1) is 16.7. The molecule has 6 heteroatoms. The minimum atomic E-state index is -0.223. The summed E-state index contributed by atoms with van der Waals surface area (Å²) in [4.78, 5) is 6.98. The fourth-order valence-electron chi connectivity index (χ4n) is 3.61. The molecule has 2 aromatic carbocycles. The molecule has 5 nitrogen and oxygen atoms in total. The van der Waals surface area contributed by atoms with E-state index in [-0.39, 0.29) is 5.82 Å². The van der Waals surface area contributed by atoms with Gasteiger partial charge in [-0.05, 0) is 54.4 Å². The lowest BCUT2D eigenvalue weighted by molar-refractivity contribution is 0.299. The van der Waals surface area contributed by atoms with Crippen LogP contribution in [0.1, 0.15) is 5.56 Å². The minimum Gasteiger partial charge on any atom is -0.474 e. The van der Waals surface area contributed by atoms with Gasteiger partial charge in [0.05, 0.1) is 24.0 Å². The van der Waals surface area contributed by atoms with Crippen molar-refractivity contribution in [1.82, 2.24) is 15.2 Å². The van der Waals surface area contributed by atoms with Crippen molar-refractivity contribution < 1.29 is 9.13 Å². The van der Waals surface area contributed by atoms with E-state index in [1.165, 1.54) is 6.07 Å². The molecule has 28 heavy (non-hydrogen) atoms. The van der Waals surface area contributed by atoms with Gasteiger partial charge in [0.2, 0.25) is 5.88 Å². The zero-order chi connectivity index (χ0) is 19.3. The summed E-state index contributed by atoms with van der Waals surface area (Å²) in [5.41, 5.74) is 6.17. The molecule has 0 atom stereocenters. The van der Waals surface area contributed by atoms with E-state index in [1.54, 1.807) is 13.0 Å². The average molecular weight is 374 g/mol. The highest BCUT2D eigenvalue weighted by Crippen LogP contribution is 2.40. The largest absolute Gasteiger partial charge is 0.474 e. The summed E-state index contributed by atoms with van der Waals surface area (Å²) in [6.07, 6.45) is 1.81. The first-order valence-corrected chi connectivity index (χ1v) is 9.19. The molecule has 140 valence electrons. The van der Waals surface area contributed by atoms with Crippen molar-refractivity contribution in [2.75, 3.05) is 25.1 Å². The Morgan fingerprint density at radius 2 is 1.96 bits per heavy atom. The molecule has 0 radical (unpaired) electrons. The summed E-state index contributed by atoms with van der Waals surface area (Å²) in [6, 6.07) is 13.3. The molecule has 5 rings (SSSR count). The summed E-state index contributed by atoms with van der Waals surface area (Å²) in [5.74, 6) is 0.387. The van der Waals surface area contributed by atoms with Gasteiger partial charge in [-0.2, -0.15) is 5.10 Å². The van der Waals surface area contributed by atoms with Gasteiger partial charge in [0.25, 0.3) is 0 Å². The van der Waals surface area contributed by atoms with Crippen LogP contribution in [-0.4, -0.2) is 35.4 Å². The van der Waals surface area contributed by atoms with E-state index in [9.17, 15) is 4.39 Å². The highest BCUT2D eigenvalue weighted by molar-refractivity contribution is 5.90. The number of hydrogen-bond donors (Lipinski definition) is 1. The number of halogens is 1. The second-order valence-corrected chi connectivity index (χ2v) is 7.11. The summed E-state index contributed by atoms with van der Waals surface area (Å²) in [5, 5.41) is 8.12. The van der Waals surface area contributed by atoms with Crippen LogP contribution in [0.5, 0.6) is 5.88 Å². The number of aryl methyl sites for hydroxylation is 1. The molecule has 0 bridgehead atoms. The quantitative estimate of drug-likeness (QED) is 0.558. The Kier molecular flexibility index (Phi) is 3.79. The zero-order valence-corrected chi connectivity index (χ0v) is 15.7. The number of likely N-dealkylation sites (N-methyl/N-ethyl adjacent to an activating group) is 1. The lowest BCUT2D eigenvalue weighted by Gasteiger charge is -2.28. The van der Waals surface area contributed by atoms with Gasteiger partial charge in [-0.3, -0.25) is 5.10 Å². The number of benzene rings is 2. The van der Waals surface area contributed by atoms with Crippen LogP contribution >= 0.6 is 0 Å². The monoisotopic (exact) mass is 374 g/mol. The fourth-order valence-corrected chi connectivity index (χ4v) is 3.61. The molecular weight excluding hydrogens is 355 g/mol. The Morgan fingerprint density at radius 1 is 1.11 bits per heavy atom. The molecule has 0 saturated heterocycles. The third kappa shape index (κ3) is 2.69. The molecule has 0 aliphatic carbocycles. The van der Waals surface area contributed by atoms with Crippen LogP contribution in [0.25, 0.3) is 33.3 Å². The molecular formula is C22H19FN4O. The van der Waals surface area contributed by atoms with Crippen molar-refractivity contribution in [3.8, 4) is 28.3 Å². The maximum atomic E-state index is 13.8. The van der Waals surface area contributed by atoms with Crippen molar-refractivity contribution in [3.05, 3.63) is 60.0 Å². The summed E-state index contributed by atoms with van der Waals surface area (Å²) in [6.45, 7) is 3.17. The van der Waals surface area contributed by atoms with E-state index in [4.69, 9.17) is 9.72 Å². The smallest absolute Gasteiger partial charge is 0.238 e. The maximum Gasteiger partial charge on any atom is 0.238 e. The van der Waals surface area contributed by atoms with Crippen LogP contribution in [0, 0.1) is 12.7 Å². The molecule has 0 spiro atoms. The Hall–Kier alpha value is -3.41. The molecule has 0 unspecified atom stereocenters. The number of aromatic amines is 1. The van der Waals surface area contributed by atoms with Crippen LogP contribution in [0.2, 0.25) is 0 Å². The third-order valence-corrected chi connectivity index (χ3v) is 5.23. The van der Waals surface area contributed by atoms with Gasteiger partial charge >= 0.3 is 0 Å². The highest BCUT2D eigenvalue weighted by Gasteiger charge is 2.22. The maximum absolute atomic E-state index is 13.8. The van der Waals surface area contributed by atoms with Crippen LogP contribution in [0.15, 0.2) is 48.7 Å². The van der Waals surface area contributed by atoms with Gasteiger partial charge in [-0.15, -0.1) is 0 Å². The Bertz CT molecular complexity index is 1200. The van der Waals surface area contributed by atoms with Gasteiger partial charge in [-0.1, -0.05) is 6.07 Å². The second kappa shape index (κ2) is 6.34. The average Bonchev–Trinajstić information content (AvgIpc) is 3.17. The molecule has 3 heterocycles. The molecule has 0 fully saturated rings. The lowest BCUT2D eigenvalue weighted by Crippen LogP contribution is -2.29. The van der Waals surface area contributed by atoms with E-state index >= 15 is 0 Å². The summed E-state index contributed by atoms with van der Waals surface area (Å²) < 4.78 is 19.7. The van der Waals surface area contributed by atoms with Crippen molar-refractivity contribution in [1.29, 1.82) is 0 Å². The number of pyridine rings is 1. The molecule has 2 aromatic heterocycles. The molecule has 0 saturated carbocycles. The molecule has 4 aromatic rings. The predicted octanol–water partition coefficient (Wildman–Crippen LogP) is 4.57. The van der Waals surface area contributed by atoms with Crippen molar-refractivity contribution in [2.24, 2.45) is 0 Å². The number of fused-ring (bicyclic) bond motifs is 2. The minimum absolute atomic E-state index is 0.223. The third-order valence-electron chi connectivity index (χ3n) is 5.23. The number of ether oxygens (including phenoxy) is 1. The fraction of sp³-hybridized carbons (Fsp3) is 0.182. The molecule has 0 amide bonds. The summed E-state index contributed by atoms with van der Waals surface area (Å²) in [7, 11) is 2.04. The predicted molar refractivity (Wildman–Crippen MR) is 108 cm³/mol. The van der Waals surface area contributed by atoms with Crippen molar-refractivity contribution >= 4 is 16.6 Å². The Balaban J connectivity index is 1.77. The number of nitrogens with zero attached hydrogens (tertiary/aromatic N) is 3. The number of H-pyrrole nitrogens is 1. The van der Waals surface area contributed by atoms with E-state index in [0.717, 1.165) is 45.5 Å². The van der Waals surface area contributed by atoms with Gasteiger partial charge in [-0.25, -0.2) is 9.37 Å². The van der Waals surface area contributed by atoms with Crippen LogP contribution in [0.4, 0.5) is 10.1 Å². The Labute approximate surface area is 161 Å². The van der Waals surface area contributed by atoms with E-state index in [2.05, 4.69) is 27.2 Å². The Morgan fingerprint density at radius 3 is 2.82 bits per heavy atom. The summed E-state index contributed by atoms with van der Waals surface area (Å²) >= 11 is 0. The second-order valence-electron chi connectivity index (χ2n) is 7.11. The number of hydrogen-bond acceptors (Lipinski definition) is 4. The highest BCUT2D eigenvalue weighted by atomic mass is 19.1. The van der Waals surface area contributed by atoms with Crippen LogP contribution in [-0.2, 0) is 0 Å². The number of nitrogens with one attached hydrogen (secondary N) is 1. The van der Waals surface area contributed by atoms with Gasteiger partial charge < -0.3 is 9.64 Å². The van der Waals surface area contributed by atoms with Gasteiger partial charge in [0.15, 0.2) is 0 Å². The number of aromatic nitrogens is 3. The van der Waals surface area contributed by atoms with Crippen LogP contribution in [0.3, 0.4) is 0 Å². The lowest BCUT2D eigenvalue weighted by atomic mass is 9.96. The topological polar surface area (TPSA) is 54.0 Å². The van der Waals surface area contributed by atoms with Crippen molar-refractivity contribution in [3.63, 3.8) is 0 Å². The molecule has 1 aliphatic heterocycles. The van der Waals surface area contributed by atoms with E-state index in [1.807, 2.05) is 31.4 Å². The van der Waals surface area contributed by atoms with Gasteiger partial charge in [0, 0.05) is 23.6 Å². The van der Waals surface area contributed by atoms with E-state index < -0.39 is 0 Å². The zero-order valence-electron chi connectivity index (χ0n) is 15.7. The van der Waals surface area contributed by atoms with E-state index in [0.29, 0.717) is 18.1 Å². The number of rotatable bonds is 2.